The number of carbonyl (C=O) groups is 4. The van der Waals surface area contributed by atoms with Gasteiger partial charge in [0.1, 0.15) is 12.1 Å². The second-order valence-electron chi connectivity index (χ2n) is 5.71. The van der Waals surface area contributed by atoms with Crippen molar-refractivity contribution in [3.8, 4) is 0 Å². The van der Waals surface area contributed by atoms with Crippen molar-refractivity contribution in [1.82, 2.24) is 15.5 Å². The molecule has 1 fully saturated rings. The highest BCUT2D eigenvalue weighted by Crippen LogP contribution is 2.20. The Hall–Kier alpha value is -1.92. The van der Waals surface area contributed by atoms with Gasteiger partial charge < -0.3 is 10.2 Å². The van der Waals surface area contributed by atoms with Gasteiger partial charge in [-0.2, -0.15) is 0 Å². The lowest BCUT2D eigenvalue weighted by molar-refractivity contribution is -0.155. The van der Waals surface area contributed by atoms with E-state index in [0.29, 0.717) is 19.4 Å². The predicted octanol–water partition coefficient (Wildman–Crippen LogP) is -0.0535. The van der Waals surface area contributed by atoms with Gasteiger partial charge in [-0.15, -0.1) is 0 Å². The molecule has 0 aromatic carbocycles. The van der Waals surface area contributed by atoms with E-state index in [1.807, 2.05) is 0 Å². The minimum absolute atomic E-state index is 0.0642. The Balaban J connectivity index is 2.38. The molecular formula is C14H23N3O4. The fourth-order valence-corrected chi connectivity index (χ4v) is 2.16. The Morgan fingerprint density at radius 2 is 1.90 bits per heavy atom. The lowest BCUT2D eigenvalue weighted by atomic mass is 9.97. The van der Waals surface area contributed by atoms with Crippen molar-refractivity contribution in [3.63, 3.8) is 0 Å². The zero-order valence-electron chi connectivity index (χ0n) is 12.8. The van der Waals surface area contributed by atoms with E-state index in [4.69, 9.17) is 0 Å². The third-order valence-corrected chi connectivity index (χ3v) is 3.53. The first-order valence-electron chi connectivity index (χ1n) is 7.14. The van der Waals surface area contributed by atoms with Gasteiger partial charge in [0.25, 0.3) is 5.91 Å². The minimum atomic E-state index is -0.999. The third-order valence-electron chi connectivity index (χ3n) is 3.53. The normalized spacial score (nSPS) is 17.4. The molecule has 0 atom stereocenters. The van der Waals surface area contributed by atoms with E-state index in [1.54, 1.807) is 13.8 Å². The van der Waals surface area contributed by atoms with Gasteiger partial charge in [-0.25, -0.2) is 0 Å². The first-order valence-corrected chi connectivity index (χ1v) is 7.14. The maximum absolute atomic E-state index is 12.2. The van der Waals surface area contributed by atoms with Gasteiger partial charge in [-0.05, 0) is 26.7 Å². The van der Waals surface area contributed by atoms with Crippen molar-refractivity contribution in [1.29, 1.82) is 0 Å². The molecule has 1 aliphatic rings. The smallest absolute Gasteiger partial charge is 0.252 e. The summed E-state index contributed by atoms with van der Waals surface area (Å²) in [4.78, 5) is 47.3. The highest BCUT2D eigenvalue weighted by Gasteiger charge is 2.42. The summed E-state index contributed by atoms with van der Waals surface area (Å²) in [7, 11) is 0. The van der Waals surface area contributed by atoms with E-state index < -0.39 is 17.4 Å². The molecule has 1 heterocycles. The SMILES string of the molecule is CC(=O)NCCCCCC(=O)N1CC(=O)NC(=O)C1(C)C. The van der Waals surface area contributed by atoms with Gasteiger partial charge in [0.15, 0.2) is 0 Å². The molecule has 7 heteroatoms. The topological polar surface area (TPSA) is 95.6 Å². The van der Waals surface area contributed by atoms with Crippen LogP contribution in [0.15, 0.2) is 0 Å². The van der Waals surface area contributed by atoms with Gasteiger partial charge in [0.2, 0.25) is 17.7 Å². The molecule has 0 aliphatic carbocycles. The largest absolute Gasteiger partial charge is 0.356 e. The highest BCUT2D eigenvalue weighted by atomic mass is 16.2. The molecule has 7 nitrogen and oxygen atoms in total. The second-order valence-corrected chi connectivity index (χ2v) is 5.71. The standard InChI is InChI=1S/C14H23N3O4/c1-10(18)15-8-6-4-5-7-12(20)17-9-11(19)16-13(21)14(17,2)3/h4-9H2,1-3H3,(H,15,18)(H,16,19,21). The van der Waals surface area contributed by atoms with Crippen LogP contribution in [0.2, 0.25) is 0 Å². The summed E-state index contributed by atoms with van der Waals surface area (Å²) in [6.45, 7) is 5.24. The van der Waals surface area contributed by atoms with Gasteiger partial charge in [0, 0.05) is 19.9 Å². The maximum Gasteiger partial charge on any atom is 0.252 e. The van der Waals surface area contributed by atoms with Crippen molar-refractivity contribution < 1.29 is 19.2 Å². The molecule has 21 heavy (non-hydrogen) atoms. The van der Waals surface area contributed by atoms with Crippen molar-refractivity contribution in [2.24, 2.45) is 0 Å². The minimum Gasteiger partial charge on any atom is -0.356 e. The Bertz CT molecular complexity index is 446. The molecular weight excluding hydrogens is 274 g/mol. The molecule has 118 valence electrons. The highest BCUT2D eigenvalue weighted by molar-refractivity contribution is 6.06. The molecule has 2 N–H and O–H groups in total. The quantitative estimate of drug-likeness (QED) is 0.530. The summed E-state index contributed by atoms with van der Waals surface area (Å²) in [6, 6.07) is 0. The Kier molecular flexibility index (Phi) is 5.87. The number of imide groups is 1. The van der Waals surface area contributed by atoms with E-state index in [0.717, 1.165) is 12.8 Å². The summed E-state index contributed by atoms with van der Waals surface area (Å²) < 4.78 is 0. The number of nitrogens with zero attached hydrogens (tertiary/aromatic N) is 1. The van der Waals surface area contributed by atoms with Gasteiger partial charge in [-0.3, -0.25) is 24.5 Å². The van der Waals surface area contributed by atoms with Gasteiger partial charge in [0.05, 0.1) is 0 Å². The summed E-state index contributed by atoms with van der Waals surface area (Å²) in [5.41, 5.74) is -0.999. The fraction of sp³-hybridized carbons (Fsp3) is 0.714. The molecule has 0 saturated carbocycles. The molecule has 0 spiro atoms. The number of amides is 4. The number of hydrogen-bond acceptors (Lipinski definition) is 4. The van der Waals surface area contributed by atoms with Crippen LogP contribution in [-0.2, 0) is 19.2 Å². The van der Waals surface area contributed by atoms with Crippen molar-refractivity contribution in [2.75, 3.05) is 13.1 Å². The lowest BCUT2D eigenvalue weighted by Crippen LogP contribution is -2.65. The predicted molar refractivity (Wildman–Crippen MR) is 76.1 cm³/mol. The van der Waals surface area contributed by atoms with Crippen molar-refractivity contribution in [3.05, 3.63) is 0 Å². The molecule has 1 aliphatic heterocycles. The molecule has 1 rings (SSSR count). The monoisotopic (exact) mass is 297 g/mol. The van der Waals surface area contributed by atoms with Crippen molar-refractivity contribution in [2.45, 2.75) is 52.0 Å². The van der Waals surface area contributed by atoms with Crippen LogP contribution >= 0.6 is 0 Å². The number of rotatable bonds is 6. The Morgan fingerprint density at radius 3 is 2.52 bits per heavy atom. The summed E-state index contributed by atoms with van der Waals surface area (Å²) in [5.74, 6) is -1.15. The van der Waals surface area contributed by atoms with Crippen LogP contribution in [0.5, 0.6) is 0 Å². The second kappa shape index (κ2) is 7.19. The lowest BCUT2D eigenvalue weighted by Gasteiger charge is -2.40. The Labute approximate surface area is 124 Å². The third kappa shape index (κ3) is 4.84. The zero-order valence-corrected chi connectivity index (χ0v) is 12.8. The number of nitrogens with one attached hydrogen (secondary N) is 2. The summed E-state index contributed by atoms with van der Waals surface area (Å²) in [6.07, 6.45) is 2.57. The zero-order chi connectivity index (χ0) is 16.0. The Morgan fingerprint density at radius 1 is 1.24 bits per heavy atom. The van der Waals surface area contributed by atoms with Crippen LogP contribution in [-0.4, -0.2) is 47.2 Å². The number of carbonyl (C=O) groups excluding carboxylic acids is 4. The van der Waals surface area contributed by atoms with E-state index in [9.17, 15) is 19.2 Å². The van der Waals surface area contributed by atoms with Crippen LogP contribution in [0.4, 0.5) is 0 Å². The average molecular weight is 297 g/mol. The van der Waals surface area contributed by atoms with Gasteiger partial charge in [-0.1, -0.05) is 6.42 Å². The van der Waals surface area contributed by atoms with E-state index in [2.05, 4.69) is 10.6 Å². The average Bonchev–Trinajstić information content (AvgIpc) is 2.37. The van der Waals surface area contributed by atoms with E-state index in [-0.39, 0.29) is 18.4 Å². The molecule has 0 unspecified atom stereocenters. The van der Waals surface area contributed by atoms with Crippen LogP contribution in [0.25, 0.3) is 0 Å². The fourth-order valence-electron chi connectivity index (χ4n) is 2.16. The van der Waals surface area contributed by atoms with Crippen LogP contribution in [0.3, 0.4) is 0 Å². The molecule has 1 saturated heterocycles. The van der Waals surface area contributed by atoms with Gasteiger partial charge >= 0.3 is 0 Å². The molecule has 0 aromatic heterocycles. The molecule has 4 amide bonds. The number of hydrogen-bond donors (Lipinski definition) is 2. The first-order chi connectivity index (χ1) is 9.75. The summed E-state index contributed by atoms with van der Waals surface area (Å²) in [5, 5.41) is 4.93. The van der Waals surface area contributed by atoms with E-state index >= 15 is 0 Å². The van der Waals surface area contributed by atoms with Crippen LogP contribution in [0.1, 0.15) is 46.5 Å². The maximum atomic E-state index is 12.2. The molecule has 0 aromatic rings. The van der Waals surface area contributed by atoms with Crippen LogP contribution in [0, 0.1) is 0 Å². The number of unbranched alkanes of at least 4 members (excludes halogenated alkanes) is 2. The molecule has 0 radical (unpaired) electrons. The number of piperazine rings is 1. The summed E-state index contributed by atoms with van der Waals surface area (Å²) >= 11 is 0. The first kappa shape index (κ1) is 17.1. The van der Waals surface area contributed by atoms with Crippen LogP contribution < -0.4 is 10.6 Å². The van der Waals surface area contributed by atoms with Crippen molar-refractivity contribution >= 4 is 23.6 Å². The van der Waals surface area contributed by atoms with E-state index in [1.165, 1.54) is 11.8 Å². The molecule has 0 bridgehead atoms.